The second-order valence-corrected chi connectivity index (χ2v) is 14.1. The van der Waals surface area contributed by atoms with Gasteiger partial charge in [-0.3, -0.25) is 9.59 Å². The van der Waals surface area contributed by atoms with Crippen LogP contribution in [0.4, 0.5) is 4.79 Å². The van der Waals surface area contributed by atoms with E-state index >= 15 is 0 Å². The van der Waals surface area contributed by atoms with Crippen LogP contribution in [0.2, 0.25) is 0 Å². The molecular weight excluding hydrogens is 632 g/mol. The van der Waals surface area contributed by atoms with E-state index in [1.807, 2.05) is 38.8 Å². The molecule has 0 aliphatic carbocycles. The standard InChI is InChI=1S/C38H48N8O4/c1-23(2)38(5,50-37(39)49)36(48)46-19-7-9-32(46)35-42-21-30(44-35)28-16-12-26(13-17-28)25-10-14-27(15-11-25)29-20-41-34(43-29)31-8-6-18-45(31)33(47)22-40-24(3)4/h10-17,20-21,23-24,31-32,40H,6-9,18-19,22H2,1-5H3,(H2,39,49)(H,41,43)(H,42,44)/t31-,32-,38-/m0/s1. The monoisotopic (exact) mass is 680 g/mol. The third-order valence-electron chi connectivity index (χ3n) is 10.1. The number of H-pyrrole nitrogens is 2. The Balaban J connectivity index is 1.11. The highest BCUT2D eigenvalue weighted by molar-refractivity contribution is 5.88. The lowest BCUT2D eigenvalue weighted by Crippen LogP contribution is -2.53. The molecule has 2 aromatic heterocycles. The molecule has 12 heteroatoms. The van der Waals surface area contributed by atoms with Gasteiger partial charge >= 0.3 is 6.09 Å². The summed E-state index contributed by atoms with van der Waals surface area (Å²) in [6.07, 6.45) is 6.13. The van der Waals surface area contributed by atoms with Gasteiger partial charge < -0.3 is 35.6 Å². The molecule has 4 heterocycles. The highest BCUT2D eigenvalue weighted by Gasteiger charge is 2.47. The van der Waals surface area contributed by atoms with Crippen molar-refractivity contribution in [1.82, 2.24) is 35.1 Å². The number of carbonyl (C=O) groups is 3. The number of aromatic nitrogens is 4. The van der Waals surface area contributed by atoms with Gasteiger partial charge in [-0.05, 0) is 54.9 Å². The number of rotatable bonds is 11. The SMILES string of the molecule is CC(C)NCC(=O)N1CCC[C@H]1c1ncc(-c2ccc(-c3ccc(-c4cnc([C@@H]5CCCN5C(=O)[C@@](C)(OC(N)=O)C(C)C)[nH]4)cc3)cc2)[nH]1. The highest BCUT2D eigenvalue weighted by atomic mass is 16.6. The van der Waals surface area contributed by atoms with E-state index < -0.39 is 11.7 Å². The van der Waals surface area contributed by atoms with Crippen molar-refractivity contribution in [3.05, 3.63) is 72.6 Å². The molecule has 4 aromatic rings. The lowest BCUT2D eigenvalue weighted by Gasteiger charge is -2.36. The predicted molar refractivity (Wildman–Crippen MR) is 191 cm³/mol. The van der Waals surface area contributed by atoms with Crippen molar-refractivity contribution in [2.75, 3.05) is 19.6 Å². The minimum Gasteiger partial charge on any atom is -0.433 e. The lowest BCUT2D eigenvalue weighted by molar-refractivity contribution is -0.155. The zero-order valence-corrected chi connectivity index (χ0v) is 29.5. The van der Waals surface area contributed by atoms with E-state index in [0.29, 0.717) is 18.9 Å². The molecule has 6 rings (SSSR count). The number of nitrogens with one attached hydrogen (secondary N) is 3. The Hall–Kier alpha value is -4.97. The van der Waals surface area contributed by atoms with E-state index in [4.69, 9.17) is 10.5 Å². The number of nitrogens with two attached hydrogens (primary N) is 1. The number of primary amides is 1. The maximum atomic E-state index is 13.6. The third kappa shape index (κ3) is 7.16. The molecule has 2 saturated heterocycles. The van der Waals surface area contributed by atoms with Crippen LogP contribution in [0.15, 0.2) is 60.9 Å². The first-order valence-corrected chi connectivity index (χ1v) is 17.6. The van der Waals surface area contributed by atoms with Crippen LogP contribution in [-0.4, -0.2) is 78.9 Å². The molecule has 2 aromatic carbocycles. The molecule has 0 bridgehead atoms. The van der Waals surface area contributed by atoms with E-state index in [9.17, 15) is 14.4 Å². The Morgan fingerprint density at radius 1 is 0.820 bits per heavy atom. The summed E-state index contributed by atoms with van der Waals surface area (Å²) in [5, 5.41) is 3.23. The van der Waals surface area contributed by atoms with E-state index in [2.05, 4.69) is 73.8 Å². The van der Waals surface area contributed by atoms with Crippen LogP contribution in [0.25, 0.3) is 33.6 Å². The number of ether oxygens (including phenoxy) is 1. The van der Waals surface area contributed by atoms with Gasteiger partial charge in [0.25, 0.3) is 5.91 Å². The smallest absolute Gasteiger partial charge is 0.405 e. The summed E-state index contributed by atoms with van der Waals surface area (Å²) in [4.78, 5) is 58.0. The summed E-state index contributed by atoms with van der Waals surface area (Å²) in [7, 11) is 0. The van der Waals surface area contributed by atoms with Gasteiger partial charge in [0.15, 0.2) is 5.60 Å². The largest absolute Gasteiger partial charge is 0.433 e. The summed E-state index contributed by atoms with van der Waals surface area (Å²) in [5.41, 5.74) is 9.92. The van der Waals surface area contributed by atoms with Gasteiger partial charge in [0.05, 0.1) is 42.4 Å². The molecule has 3 atom stereocenters. The highest BCUT2D eigenvalue weighted by Crippen LogP contribution is 2.37. The number of benzene rings is 2. The van der Waals surface area contributed by atoms with E-state index in [1.54, 1.807) is 18.0 Å². The average Bonchev–Trinajstić information content (AvgIpc) is 3.93. The quantitative estimate of drug-likeness (QED) is 0.152. The lowest BCUT2D eigenvalue weighted by atomic mass is 9.90. The minimum absolute atomic E-state index is 0.0305. The summed E-state index contributed by atoms with van der Waals surface area (Å²) >= 11 is 0. The fourth-order valence-electron chi connectivity index (χ4n) is 6.93. The van der Waals surface area contributed by atoms with Crippen molar-refractivity contribution in [2.45, 2.75) is 84.0 Å². The summed E-state index contributed by atoms with van der Waals surface area (Å²) in [6, 6.07) is 16.6. The van der Waals surface area contributed by atoms with Crippen molar-refractivity contribution in [3.63, 3.8) is 0 Å². The van der Waals surface area contributed by atoms with Gasteiger partial charge in [-0.1, -0.05) is 76.2 Å². The Morgan fingerprint density at radius 2 is 1.28 bits per heavy atom. The number of hydrogen-bond donors (Lipinski definition) is 4. The van der Waals surface area contributed by atoms with E-state index in [-0.39, 0.29) is 35.9 Å². The van der Waals surface area contributed by atoms with Crippen LogP contribution in [0.3, 0.4) is 0 Å². The number of likely N-dealkylation sites (tertiary alicyclic amines) is 2. The minimum atomic E-state index is -1.36. The number of imidazole rings is 2. The normalized spacial score (nSPS) is 18.9. The molecule has 2 fully saturated rings. The van der Waals surface area contributed by atoms with Crippen molar-refractivity contribution < 1.29 is 19.1 Å². The van der Waals surface area contributed by atoms with E-state index in [0.717, 1.165) is 71.7 Å². The van der Waals surface area contributed by atoms with Crippen molar-refractivity contribution >= 4 is 17.9 Å². The first kappa shape index (κ1) is 34.9. The molecule has 0 saturated carbocycles. The van der Waals surface area contributed by atoms with E-state index in [1.165, 1.54) is 0 Å². The Labute approximate surface area is 293 Å². The second-order valence-electron chi connectivity index (χ2n) is 14.1. The molecule has 50 heavy (non-hydrogen) atoms. The van der Waals surface area contributed by atoms with Gasteiger partial charge in [-0.25, -0.2) is 14.8 Å². The zero-order valence-electron chi connectivity index (χ0n) is 29.5. The Morgan fingerprint density at radius 3 is 1.74 bits per heavy atom. The van der Waals surface area contributed by atoms with Gasteiger partial charge in [0.1, 0.15) is 11.6 Å². The first-order valence-electron chi connectivity index (χ1n) is 17.6. The molecule has 0 spiro atoms. The van der Waals surface area contributed by atoms with Gasteiger partial charge in [-0.15, -0.1) is 0 Å². The molecule has 5 N–H and O–H groups in total. The fourth-order valence-corrected chi connectivity index (χ4v) is 6.93. The molecule has 2 aliphatic heterocycles. The number of carbonyl (C=O) groups excluding carboxylic acids is 3. The maximum Gasteiger partial charge on any atom is 0.405 e. The van der Waals surface area contributed by atoms with Crippen LogP contribution >= 0.6 is 0 Å². The topological polar surface area (TPSA) is 162 Å². The summed E-state index contributed by atoms with van der Waals surface area (Å²) in [5.74, 6) is 1.12. The molecule has 12 nitrogen and oxygen atoms in total. The van der Waals surface area contributed by atoms with Gasteiger partial charge in [0, 0.05) is 25.0 Å². The second kappa shape index (κ2) is 14.5. The predicted octanol–water partition coefficient (Wildman–Crippen LogP) is 5.97. The number of nitrogens with zero attached hydrogens (tertiary/aromatic N) is 4. The summed E-state index contributed by atoms with van der Waals surface area (Å²) < 4.78 is 5.35. The maximum absolute atomic E-state index is 13.6. The van der Waals surface area contributed by atoms with Gasteiger partial charge in [0.2, 0.25) is 5.91 Å². The first-order chi connectivity index (χ1) is 23.9. The van der Waals surface area contributed by atoms with Crippen LogP contribution in [0, 0.1) is 5.92 Å². The average molecular weight is 681 g/mol. The fraction of sp³-hybridized carbons (Fsp3) is 0.447. The zero-order chi connectivity index (χ0) is 35.6. The van der Waals surface area contributed by atoms with Crippen molar-refractivity contribution in [2.24, 2.45) is 11.7 Å². The molecular formula is C38H48N8O4. The van der Waals surface area contributed by atoms with Gasteiger partial charge in [-0.2, -0.15) is 0 Å². The van der Waals surface area contributed by atoms with Crippen LogP contribution in [0.1, 0.15) is 84.0 Å². The van der Waals surface area contributed by atoms with Crippen molar-refractivity contribution in [3.8, 4) is 33.6 Å². The Bertz CT molecular complexity index is 1810. The summed E-state index contributed by atoms with van der Waals surface area (Å²) in [6.45, 7) is 11.0. The van der Waals surface area contributed by atoms with Crippen molar-refractivity contribution in [1.29, 1.82) is 0 Å². The molecule has 0 radical (unpaired) electrons. The number of aromatic amines is 2. The molecule has 3 amide bonds. The number of amides is 3. The van der Waals surface area contributed by atoms with Crippen LogP contribution in [-0.2, 0) is 14.3 Å². The number of hydrogen-bond acceptors (Lipinski definition) is 7. The molecule has 0 unspecified atom stereocenters. The Kier molecular flexibility index (Phi) is 10.1. The van der Waals surface area contributed by atoms with Crippen LogP contribution < -0.4 is 11.1 Å². The van der Waals surface area contributed by atoms with Crippen LogP contribution in [0.5, 0.6) is 0 Å². The third-order valence-corrected chi connectivity index (χ3v) is 10.1. The molecule has 264 valence electrons. The molecule has 2 aliphatic rings.